The first-order valence-electron chi connectivity index (χ1n) is 34.1. The molecule has 6 nitrogen and oxygen atoms in total. The molecular weight excluding hydrogens is 973 g/mol. The van der Waals surface area contributed by atoms with Gasteiger partial charge in [0.15, 0.2) is 6.10 Å². The Morgan fingerprint density at radius 2 is 0.506 bits per heavy atom. The number of hydrogen-bond acceptors (Lipinski definition) is 6. The third-order valence-corrected chi connectivity index (χ3v) is 14.9. The zero-order chi connectivity index (χ0) is 57.1. The van der Waals surface area contributed by atoms with Crippen molar-refractivity contribution in [3.8, 4) is 0 Å². The quantitative estimate of drug-likeness (QED) is 0.0261. The molecule has 0 N–H and O–H groups in total. The highest BCUT2D eigenvalue weighted by Gasteiger charge is 2.19. The zero-order valence-electron chi connectivity index (χ0n) is 52.4. The third kappa shape index (κ3) is 65.3. The molecule has 6 heteroatoms. The van der Waals surface area contributed by atoms with Gasteiger partial charge in [-0.15, -0.1) is 0 Å². The van der Waals surface area contributed by atoms with Crippen molar-refractivity contribution in [2.24, 2.45) is 0 Å². The van der Waals surface area contributed by atoms with E-state index in [-0.39, 0.29) is 37.5 Å². The van der Waals surface area contributed by atoms with Gasteiger partial charge in [0, 0.05) is 19.3 Å². The van der Waals surface area contributed by atoms with Gasteiger partial charge in [0.25, 0.3) is 0 Å². The Bertz CT molecular complexity index is 1500. The highest BCUT2D eigenvalue weighted by atomic mass is 16.6. The predicted molar refractivity (Wildman–Crippen MR) is 344 cm³/mol. The average Bonchev–Trinajstić information content (AvgIpc) is 3.45. The molecule has 0 bridgehead atoms. The van der Waals surface area contributed by atoms with Gasteiger partial charge in [-0.05, 0) is 89.9 Å². The second-order valence-electron chi connectivity index (χ2n) is 22.7. The van der Waals surface area contributed by atoms with Crippen molar-refractivity contribution in [1.82, 2.24) is 0 Å². The molecular formula is C73H128O6. The molecule has 0 rings (SSSR count). The van der Waals surface area contributed by atoms with Crippen molar-refractivity contribution in [2.45, 2.75) is 348 Å². The van der Waals surface area contributed by atoms with Gasteiger partial charge < -0.3 is 14.2 Å². The van der Waals surface area contributed by atoms with E-state index in [0.717, 1.165) is 103 Å². The lowest BCUT2D eigenvalue weighted by molar-refractivity contribution is -0.167. The molecule has 0 saturated carbocycles. The van der Waals surface area contributed by atoms with Gasteiger partial charge in [0.1, 0.15) is 13.2 Å². The van der Waals surface area contributed by atoms with Crippen LogP contribution >= 0.6 is 0 Å². The van der Waals surface area contributed by atoms with Crippen molar-refractivity contribution in [1.29, 1.82) is 0 Å². The smallest absolute Gasteiger partial charge is 0.306 e. The number of allylic oxidation sites excluding steroid dienone is 14. The maximum absolute atomic E-state index is 12.9. The van der Waals surface area contributed by atoms with Crippen LogP contribution in [0.1, 0.15) is 342 Å². The van der Waals surface area contributed by atoms with E-state index >= 15 is 0 Å². The Morgan fingerprint density at radius 1 is 0.266 bits per heavy atom. The van der Waals surface area contributed by atoms with Crippen LogP contribution < -0.4 is 0 Å². The lowest BCUT2D eigenvalue weighted by Crippen LogP contribution is -2.30. The minimum Gasteiger partial charge on any atom is -0.462 e. The number of carbonyl (C=O) groups excluding carboxylic acids is 3. The molecule has 0 aliphatic heterocycles. The molecule has 0 amide bonds. The van der Waals surface area contributed by atoms with Crippen molar-refractivity contribution in [2.75, 3.05) is 13.2 Å². The summed E-state index contributed by atoms with van der Waals surface area (Å²) in [6, 6.07) is 0. The molecule has 0 aliphatic carbocycles. The maximum atomic E-state index is 12.9. The van der Waals surface area contributed by atoms with Crippen molar-refractivity contribution in [3.63, 3.8) is 0 Å². The van der Waals surface area contributed by atoms with Crippen molar-refractivity contribution in [3.05, 3.63) is 85.1 Å². The van der Waals surface area contributed by atoms with Crippen LogP contribution in [-0.2, 0) is 28.6 Å². The maximum Gasteiger partial charge on any atom is 0.306 e. The standard InChI is InChI=1S/C73H128O6/c1-4-7-10-13-16-19-22-25-28-30-31-32-33-34-35-36-37-38-39-40-41-43-45-48-51-54-57-60-63-66-72(75)78-69-70(68-77-71(74)65-62-59-56-53-50-47-44-27-24-21-18-15-12-9-6-3)79-73(76)67-64-61-58-55-52-49-46-42-29-26-23-20-17-14-11-8-5-2/h8,11,17-18,20-21,26-27,29,44,46,49,55,58,70H,4-7,9-10,12-16,19,22-25,28,30-43,45,47-48,50-54,56-57,59-69H2,1-3H3/b11-8-,20-17-,21-18-,29-26-,44-27-,49-46-,58-55-. The van der Waals surface area contributed by atoms with Crippen molar-refractivity contribution >= 4 is 17.9 Å². The van der Waals surface area contributed by atoms with E-state index in [1.807, 2.05) is 0 Å². The van der Waals surface area contributed by atoms with E-state index in [1.54, 1.807) is 0 Å². The lowest BCUT2D eigenvalue weighted by atomic mass is 10.0. The van der Waals surface area contributed by atoms with Gasteiger partial charge >= 0.3 is 17.9 Å². The Labute approximate surface area is 490 Å². The molecule has 0 spiro atoms. The van der Waals surface area contributed by atoms with Gasteiger partial charge in [-0.25, -0.2) is 0 Å². The summed E-state index contributed by atoms with van der Waals surface area (Å²) in [7, 11) is 0. The second-order valence-corrected chi connectivity index (χ2v) is 22.7. The molecule has 79 heavy (non-hydrogen) atoms. The summed E-state index contributed by atoms with van der Waals surface area (Å²) in [6.07, 6.45) is 89.1. The summed E-state index contributed by atoms with van der Waals surface area (Å²) < 4.78 is 16.9. The SMILES string of the molecule is CC/C=C\C/C=C\C/C=C\C/C=C\C/C=C\CCCC(=O)OC(COC(=O)CCCCCCC/C=C\C/C=C\CCCCC)COC(=O)CCCCCCCCCCCCCCCCCCCCCCCCCCCCCCC. The first kappa shape index (κ1) is 75.6. The molecule has 1 unspecified atom stereocenters. The molecule has 0 aromatic carbocycles. The Balaban J connectivity index is 4.28. The number of unbranched alkanes of at least 4 members (excludes halogenated alkanes) is 37. The molecule has 0 aliphatic rings. The fourth-order valence-corrected chi connectivity index (χ4v) is 9.81. The average molecular weight is 1100 g/mol. The fourth-order valence-electron chi connectivity index (χ4n) is 9.81. The first-order chi connectivity index (χ1) is 39.0. The van der Waals surface area contributed by atoms with Crippen LogP contribution in [0.2, 0.25) is 0 Å². The van der Waals surface area contributed by atoms with Crippen LogP contribution in [0.5, 0.6) is 0 Å². The molecule has 1 atom stereocenters. The van der Waals surface area contributed by atoms with Crippen LogP contribution in [0.4, 0.5) is 0 Å². The fraction of sp³-hybridized carbons (Fsp3) is 0.767. The number of ether oxygens (including phenoxy) is 3. The van der Waals surface area contributed by atoms with Gasteiger partial charge in [-0.2, -0.15) is 0 Å². The highest BCUT2D eigenvalue weighted by Crippen LogP contribution is 2.18. The largest absolute Gasteiger partial charge is 0.462 e. The third-order valence-electron chi connectivity index (χ3n) is 14.9. The molecule has 456 valence electrons. The summed E-state index contributed by atoms with van der Waals surface area (Å²) >= 11 is 0. The highest BCUT2D eigenvalue weighted by molar-refractivity contribution is 5.71. The van der Waals surface area contributed by atoms with Gasteiger partial charge in [0.2, 0.25) is 0 Å². The molecule has 0 aromatic heterocycles. The Hall–Kier alpha value is -3.41. The zero-order valence-corrected chi connectivity index (χ0v) is 52.4. The van der Waals surface area contributed by atoms with Gasteiger partial charge in [-0.1, -0.05) is 318 Å². The van der Waals surface area contributed by atoms with E-state index in [1.165, 1.54) is 193 Å². The lowest BCUT2D eigenvalue weighted by Gasteiger charge is -2.18. The Kier molecular flexibility index (Phi) is 64.2. The summed E-state index contributed by atoms with van der Waals surface area (Å²) in [5.41, 5.74) is 0. The van der Waals surface area contributed by atoms with E-state index in [0.29, 0.717) is 19.3 Å². The second kappa shape index (κ2) is 67.1. The van der Waals surface area contributed by atoms with E-state index in [4.69, 9.17) is 14.2 Å². The number of hydrogen-bond donors (Lipinski definition) is 0. The number of rotatable bonds is 62. The van der Waals surface area contributed by atoms with Crippen LogP contribution in [0.25, 0.3) is 0 Å². The molecule has 0 fully saturated rings. The van der Waals surface area contributed by atoms with E-state index in [9.17, 15) is 14.4 Å². The number of esters is 3. The summed E-state index contributed by atoms with van der Waals surface area (Å²) in [6.45, 7) is 6.48. The van der Waals surface area contributed by atoms with E-state index in [2.05, 4.69) is 106 Å². The first-order valence-corrected chi connectivity index (χ1v) is 34.1. The van der Waals surface area contributed by atoms with Crippen LogP contribution in [0.3, 0.4) is 0 Å². The van der Waals surface area contributed by atoms with Crippen LogP contribution in [-0.4, -0.2) is 37.2 Å². The molecule has 0 aromatic rings. The van der Waals surface area contributed by atoms with Crippen LogP contribution in [0, 0.1) is 0 Å². The van der Waals surface area contributed by atoms with E-state index < -0.39 is 6.10 Å². The summed E-state index contributed by atoms with van der Waals surface area (Å²) in [4.78, 5) is 38.3. The molecule has 0 heterocycles. The topological polar surface area (TPSA) is 78.9 Å². The molecule has 0 radical (unpaired) electrons. The van der Waals surface area contributed by atoms with Crippen LogP contribution in [0.15, 0.2) is 85.1 Å². The molecule has 0 saturated heterocycles. The van der Waals surface area contributed by atoms with Gasteiger partial charge in [-0.3, -0.25) is 14.4 Å². The monoisotopic (exact) mass is 1100 g/mol. The minimum absolute atomic E-state index is 0.101. The summed E-state index contributed by atoms with van der Waals surface area (Å²) in [5.74, 6) is -0.961. The summed E-state index contributed by atoms with van der Waals surface area (Å²) in [5, 5.41) is 0. The Morgan fingerprint density at radius 3 is 0.835 bits per heavy atom. The predicted octanol–water partition coefficient (Wildman–Crippen LogP) is 23.4. The minimum atomic E-state index is -0.813. The van der Waals surface area contributed by atoms with Crippen molar-refractivity contribution < 1.29 is 28.6 Å². The normalized spacial score (nSPS) is 12.6. The van der Waals surface area contributed by atoms with Gasteiger partial charge in [0.05, 0.1) is 0 Å². The number of carbonyl (C=O) groups is 3.